The van der Waals surface area contributed by atoms with Crippen molar-refractivity contribution in [2.75, 3.05) is 5.32 Å². The van der Waals surface area contributed by atoms with Crippen LogP contribution in [0.25, 0.3) is 49.9 Å². The maximum atomic E-state index is 5.17. The van der Waals surface area contributed by atoms with Crippen molar-refractivity contribution >= 4 is 50.8 Å². The lowest BCUT2D eigenvalue weighted by molar-refractivity contribution is 0.502. The number of fused-ring (bicyclic) bond motifs is 6. The second kappa shape index (κ2) is 11.4. The van der Waals surface area contributed by atoms with Gasteiger partial charge in [-0.15, -0.1) is 0 Å². The van der Waals surface area contributed by atoms with E-state index in [0.717, 1.165) is 40.7 Å². The molecule has 0 saturated heterocycles. The molecule has 0 saturated carbocycles. The maximum absolute atomic E-state index is 5.17. The first-order valence-electron chi connectivity index (χ1n) is 15.3. The molecule has 2 aromatic heterocycles. The molecule has 1 aliphatic carbocycles. The molecule has 8 rings (SSSR count). The molecule has 44 heavy (non-hydrogen) atoms. The van der Waals surface area contributed by atoms with Crippen LogP contribution in [0.2, 0.25) is 0 Å². The van der Waals surface area contributed by atoms with Crippen LogP contribution in [0.4, 0.5) is 5.69 Å². The summed E-state index contributed by atoms with van der Waals surface area (Å²) in [6.45, 7) is 0.607. The molecule has 214 valence electrons. The molecule has 2 heterocycles. The number of rotatable bonds is 8. The molecule has 0 bridgehead atoms. The lowest BCUT2D eigenvalue weighted by Crippen LogP contribution is -2.36. The number of hydrogen-bond acceptors (Lipinski definition) is 3. The molecule has 5 aromatic carbocycles. The van der Waals surface area contributed by atoms with E-state index >= 15 is 0 Å². The molecule has 7 aromatic rings. The van der Waals surface area contributed by atoms with Gasteiger partial charge in [0.05, 0.1) is 24.0 Å². The monoisotopic (exact) mass is 571 g/mol. The van der Waals surface area contributed by atoms with Gasteiger partial charge in [-0.25, -0.2) is 4.99 Å². The molecule has 0 amide bonds. The average Bonchev–Trinajstić information content (AvgIpc) is 3.59. The summed E-state index contributed by atoms with van der Waals surface area (Å²) in [5.74, 6) is 0. The second-order valence-corrected chi connectivity index (χ2v) is 11.2. The van der Waals surface area contributed by atoms with Gasteiger partial charge in [-0.3, -0.25) is 5.32 Å². The normalized spacial score (nSPS) is 13.6. The Hall–Kier alpha value is -5.39. The number of allylic oxidation sites excluding steroid dienone is 1. The van der Waals surface area contributed by atoms with E-state index in [-0.39, 0.29) is 0 Å². The van der Waals surface area contributed by atoms with Crippen molar-refractivity contribution in [2.45, 2.75) is 25.8 Å². The van der Waals surface area contributed by atoms with E-state index in [1.54, 1.807) is 0 Å². The van der Waals surface area contributed by atoms with E-state index < -0.39 is 6.29 Å². The Morgan fingerprint density at radius 2 is 1.32 bits per heavy atom. The number of aryl methyl sites for hydroxylation is 1. The maximum Gasteiger partial charge on any atom is 0.176 e. The first-order chi connectivity index (χ1) is 21.8. The summed E-state index contributed by atoms with van der Waals surface area (Å²) in [5.41, 5.74) is 9.54. The fourth-order valence-electron chi connectivity index (χ4n) is 6.60. The minimum Gasteiger partial charge on any atom is -0.351 e. The standard InChI is InChI=1S/C39H33N5/c1-2-14-28(15-3-1)29-16-4-9-21-34(29)42-39(40-26-43-35-22-10-5-17-30(35)31-18-6-11-23-36(31)43)41-27-44-37-24-12-7-19-32(37)33-20-8-13-25-38(33)44/h1-7,9-19,21-26,39,41-42H,8,20,27H2. The third-order valence-electron chi connectivity index (χ3n) is 8.65. The summed E-state index contributed by atoms with van der Waals surface area (Å²) in [6.07, 6.45) is 8.27. The van der Waals surface area contributed by atoms with Crippen molar-refractivity contribution in [1.82, 2.24) is 14.5 Å². The van der Waals surface area contributed by atoms with Gasteiger partial charge in [0.25, 0.3) is 0 Å². The fourth-order valence-corrected chi connectivity index (χ4v) is 6.60. The molecule has 1 aliphatic rings. The number of anilines is 1. The summed E-state index contributed by atoms with van der Waals surface area (Å²) in [7, 11) is 0. The van der Waals surface area contributed by atoms with Gasteiger partial charge in [-0.05, 0) is 54.3 Å². The molecule has 1 unspecified atom stereocenters. The highest BCUT2D eigenvalue weighted by atomic mass is 15.3. The smallest absolute Gasteiger partial charge is 0.176 e. The Kier molecular flexibility index (Phi) is 6.78. The molecule has 0 spiro atoms. The van der Waals surface area contributed by atoms with E-state index in [0.29, 0.717) is 6.67 Å². The quantitative estimate of drug-likeness (QED) is 0.109. The molecule has 5 heteroatoms. The van der Waals surface area contributed by atoms with Crippen molar-refractivity contribution in [1.29, 1.82) is 0 Å². The first-order valence-corrected chi connectivity index (χ1v) is 15.3. The zero-order chi connectivity index (χ0) is 29.3. The zero-order valence-electron chi connectivity index (χ0n) is 24.4. The number of nitrogens with one attached hydrogen (secondary N) is 2. The number of benzene rings is 5. The van der Waals surface area contributed by atoms with Crippen LogP contribution in [0.1, 0.15) is 17.7 Å². The number of aliphatic imine (C=N–C) groups is 1. The summed E-state index contributed by atoms with van der Waals surface area (Å²) >= 11 is 0. The Morgan fingerprint density at radius 1 is 0.682 bits per heavy atom. The Labute approximate surface area is 256 Å². The number of nitrogens with zero attached hydrogens (tertiary/aromatic N) is 3. The summed E-state index contributed by atoms with van der Waals surface area (Å²) in [5, 5.41) is 11.3. The van der Waals surface area contributed by atoms with Crippen LogP contribution in [-0.2, 0) is 13.1 Å². The first kappa shape index (κ1) is 26.3. The van der Waals surface area contributed by atoms with Crippen LogP contribution in [0, 0.1) is 0 Å². The van der Waals surface area contributed by atoms with E-state index in [1.165, 1.54) is 32.9 Å². The highest BCUT2D eigenvalue weighted by molar-refractivity contribution is 6.11. The molecular formula is C39H33N5. The highest BCUT2D eigenvalue weighted by Crippen LogP contribution is 2.32. The van der Waals surface area contributed by atoms with E-state index in [2.05, 4.69) is 159 Å². The van der Waals surface area contributed by atoms with E-state index in [9.17, 15) is 0 Å². The molecule has 0 aliphatic heterocycles. The van der Waals surface area contributed by atoms with E-state index in [4.69, 9.17) is 4.99 Å². The van der Waals surface area contributed by atoms with Crippen LogP contribution in [0.15, 0.2) is 138 Å². The molecule has 0 radical (unpaired) electrons. The largest absolute Gasteiger partial charge is 0.351 e. The minimum absolute atomic E-state index is 0.399. The van der Waals surface area contributed by atoms with Gasteiger partial charge >= 0.3 is 0 Å². The number of para-hydroxylation sites is 4. The lowest BCUT2D eigenvalue weighted by atomic mass is 10.0. The average molecular weight is 572 g/mol. The van der Waals surface area contributed by atoms with Crippen molar-refractivity contribution in [3.05, 3.63) is 145 Å². The molecule has 0 fully saturated rings. The van der Waals surface area contributed by atoms with Crippen molar-refractivity contribution < 1.29 is 0 Å². The molecular weight excluding hydrogens is 538 g/mol. The topological polar surface area (TPSA) is 46.3 Å². The van der Waals surface area contributed by atoms with Crippen LogP contribution in [-0.4, -0.2) is 21.8 Å². The molecule has 2 N–H and O–H groups in total. The van der Waals surface area contributed by atoms with Crippen LogP contribution >= 0.6 is 0 Å². The predicted molar refractivity (Wildman–Crippen MR) is 185 cm³/mol. The van der Waals surface area contributed by atoms with Gasteiger partial charge in [0.2, 0.25) is 0 Å². The van der Waals surface area contributed by atoms with Gasteiger partial charge in [0, 0.05) is 38.6 Å². The van der Waals surface area contributed by atoms with Crippen LogP contribution < -0.4 is 10.6 Å². The SMILES string of the molecule is C1=Cc2c(c3ccccc3n2CNC(N=Cn2c3ccccc3c3ccccc32)Nc2ccccc2-c2ccccc2)CC1. The molecule has 1 atom stereocenters. The molecule has 5 nitrogen and oxygen atoms in total. The fraction of sp³-hybridized carbons (Fsp3) is 0.103. The predicted octanol–water partition coefficient (Wildman–Crippen LogP) is 8.90. The zero-order valence-corrected chi connectivity index (χ0v) is 24.4. The third-order valence-corrected chi connectivity index (χ3v) is 8.65. The summed E-state index contributed by atoms with van der Waals surface area (Å²) in [4.78, 5) is 5.17. The highest BCUT2D eigenvalue weighted by Gasteiger charge is 2.18. The van der Waals surface area contributed by atoms with Gasteiger partial charge in [-0.2, -0.15) is 0 Å². The van der Waals surface area contributed by atoms with Gasteiger partial charge in [0.15, 0.2) is 6.29 Å². The number of hydrogen-bond donors (Lipinski definition) is 2. The van der Waals surface area contributed by atoms with Gasteiger partial charge in [-0.1, -0.05) is 109 Å². The minimum atomic E-state index is -0.399. The van der Waals surface area contributed by atoms with Crippen molar-refractivity contribution in [2.24, 2.45) is 4.99 Å². The van der Waals surface area contributed by atoms with Crippen molar-refractivity contribution in [3.63, 3.8) is 0 Å². The summed E-state index contributed by atoms with van der Waals surface area (Å²) in [6, 6.07) is 44.7. The van der Waals surface area contributed by atoms with Crippen LogP contribution in [0.3, 0.4) is 0 Å². The lowest BCUT2D eigenvalue weighted by Gasteiger charge is -2.21. The summed E-state index contributed by atoms with van der Waals surface area (Å²) < 4.78 is 4.58. The second-order valence-electron chi connectivity index (χ2n) is 11.2. The van der Waals surface area contributed by atoms with E-state index in [1.807, 2.05) is 6.34 Å². The number of aromatic nitrogens is 2. The Morgan fingerprint density at radius 3 is 2.09 bits per heavy atom. The van der Waals surface area contributed by atoms with Gasteiger partial charge in [0.1, 0.15) is 0 Å². The Bertz CT molecular complexity index is 2110. The van der Waals surface area contributed by atoms with Crippen molar-refractivity contribution in [3.8, 4) is 11.1 Å². The van der Waals surface area contributed by atoms with Crippen LogP contribution in [0.5, 0.6) is 0 Å². The third kappa shape index (κ3) is 4.68. The van der Waals surface area contributed by atoms with Gasteiger partial charge < -0.3 is 14.5 Å². The Balaban J connectivity index is 1.20.